The Labute approximate surface area is 163 Å². The van der Waals surface area contributed by atoms with Gasteiger partial charge in [-0.15, -0.1) is 0 Å². The van der Waals surface area contributed by atoms with Crippen LogP contribution in [0.1, 0.15) is 5.76 Å². The van der Waals surface area contributed by atoms with E-state index in [-0.39, 0.29) is 15.8 Å². The minimum atomic E-state index is -0.479. The summed E-state index contributed by atoms with van der Waals surface area (Å²) in [5.41, 5.74) is 1.01. The van der Waals surface area contributed by atoms with Crippen LogP contribution in [0.15, 0.2) is 76.1 Å². The van der Waals surface area contributed by atoms with Crippen molar-refractivity contribution in [3.05, 3.63) is 87.5 Å². The maximum absolute atomic E-state index is 12.6. The fourth-order valence-corrected chi connectivity index (χ4v) is 3.58. The van der Waals surface area contributed by atoms with E-state index < -0.39 is 10.8 Å². The topological polar surface area (TPSA) is 93.7 Å². The molecule has 0 spiro atoms. The highest BCUT2D eigenvalue weighted by atomic mass is 32.2. The molecule has 8 heteroatoms. The van der Waals surface area contributed by atoms with Crippen LogP contribution >= 0.6 is 11.8 Å². The SMILES string of the molecule is O=C1S/C(=C\c2ccc(-c3cccc([N+](=O)[O-])c3)o2)C(=O)N1c1ccccc1. The molecule has 0 radical (unpaired) electrons. The van der Waals surface area contributed by atoms with Gasteiger partial charge in [0.1, 0.15) is 11.5 Å². The quantitative estimate of drug-likeness (QED) is 0.348. The summed E-state index contributed by atoms with van der Waals surface area (Å²) < 4.78 is 5.70. The molecule has 1 aromatic heterocycles. The first-order chi connectivity index (χ1) is 13.5. The largest absolute Gasteiger partial charge is 0.457 e. The number of amides is 2. The van der Waals surface area contributed by atoms with Gasteiger partial charge in [-0.3, -0.25) is 19.7 Å². The molecular weight excluding hydrogens is 380 g/mol. The number of nitrogens with zero attached hydrogens (tertiary/aromatic N) is 2. The van der Waals surface area contributed by atoms with E-state index in [0.29, 0.717) is 22.8 Å². The molecule has 1 saturated heterocycles. The molecule has 0 unspecified atom stereocenters. The second kappa shape index (κ2) is 7.16. The molecule has 2 aromatic carbocycles. The van der Waals surface area contributed by atoms with Crippen LogP contribution in [-0.2, 0) is 4.79 Å². The van der Waals surface area contributed by atoms with Crippen molar-refractivity contribution in [2.45, 2.75) is 0 Å². The number of non-ortho nitro benzene ring substituents is 1. The van der Waals surface area contributed by atoms with Gasteiger partial charge in [-0.25, -0.2) is 4.90 Å². The van der Waals surface area contributed by atoms with Gasteiger partial charge in [0.05, 0.1) is 15.5 Å². The number of imide groups is 1. The van der Waals surface area contributed by atoms with Crippen molar-refractivity contribution in [2.75, 3.05) is 4.90 Å². The third kappa shape index (κ3) is 3.33. The monoisotopic (exact) mass is 392 g/mol. The molecule has 2 amide bonds. The molecule has 3 aromatic rings. The number of thioether (sulfide) groups is 1. The predicted octanol–water partition coefficient (Wildman–Crippen LogP) is 5.10. The maximum Gasteiger partial charge on any atom is 0.298 e. The zero-order chi connectivity index (χ0) is 19.7. The number of furan rings is 1. The second-order valence-corrected chi connectivity index (χ2v) is 6.86. The normalized spacial score (nSPS) is 15.4. The van der Waals surface area contributed by atoms with Crippen LogP contribution in [-0.4, -0.2) is 16.1 Å². The zero-order valence-electron chi connectivity index (χ0n) is 14.3. The number of hydrogen-bond donors (Lipinski definition) is 0. The number of nitro groups is 1. The van der Waals surface area contributed by atoms with Crippen LogP contribution in [0, 0.1) is 10.1 Å². The number of hydrogen-bond acceptors (Lipinski definition) is 6. The minimum Gasteiger partial charge on any atom is -0.457 e. The van der Waals surface area contributed by atoms with E-state index in [4.69, 9.17) is 4.42 Å². The lowest BCUT2D eigenvalue weighted by molar-refractivity contribution is -0.384. The number of carbonyl (C=O) groups is 2. The van der Waals surface area contributed by atoms with E-state index >= 15 is 0 Å². The molecule has 1 aliphatic heterocycles. The molecule has 0 saturated carbocycles. The second-order valence-electron chi connectivity index (χ2n) is 5.86. The van der Waals surface area contributed by atoms with E-state index in [1.54, 1.807) is 54.6 Å². The number of rotatable bonds is 4. The summed E-state index contributed by atoms with van der Waals surface area (Å²) in [4.78, 5) is 36.7. The summed E-state index contributed by atoms with van der Waals surface area (Å²) in [6, 6.07) is 18.0. The number of carbonyl (C=O) groups excluding carboxylic acids is 2. The van der Waals surface area contributed by atoms with Crippen molar-refractivity contribution < 1.29 is 18.9 Å². The molecule has 1 aliphatic rings. The third-order valence-electron chi connectivity index (χ3n) is 4.05. The average Bonchev–Trinajstić information content (AvgIpc) is 3.27. The standard InChI is InChI=1S/C20H12N2O5S/c23-19-18(28-20(24)21(19)14-6-2-1-3-7-14)12-16-9-10-17(27-16)13-5-4-8-15(11-13)22(25)26/h1-12H/b18-12-. The Morgan fingerprint density at radius 2 is 1.79 bits per heavy atom. The van der Waals surface area contributed by atoms with Crippen LogP contribution in [0.25, 0.3) is 17.4 Å². The smallest absolute Gasteiger partial charge is 0.298 e. The van der Waals surface area contributed by atoms with Crippen LogP contribution in [0.5, 0.6) is 0 Å². The van der Waals surface area contributed by atoms with Gasteiger partial charge in [0.2, 0.25) is 0 Å². The van der Waals surface area contributed by atoms with Crippen LogP contribution in [0.4, 0.5) is 16.2 Å². The maximum atomic E-state index is 12.6. The summed E-state index contributed by atoms with van der Waals surface area (Å²) in [5.74, 6) is 0.381. The highest BCUT2D eigenvalue weighted by Crippen LogP contribution is 2.36. The molecule has 2 heterocycles. The summed E-state index contributed by atoms with van der Waals surface area (Å²) in [6.45, 7) is 0. The molecule has 0 bridgehead atoms. The summed E-state index contributed by atoms with van der Waals surface area (Å²) >= 11 is 0.832. The number of anilines is 1. The van der Waals surface area contributed by atoms with Crippen LogP contribution < -0.4 is 4.90 Å². The highest BCUT2D eigenvalue weighted by Gasteiger charge is 2.36. The first-order valence-corrected chi connectivity index (χ1v) is 9.02. The lowest BCUT2D eigenvalue weighted by Crippen LogP contribution is -2.27. The summed E-state index contributed by atoms with van der Waals surface area (Å²) in [6.07, 6.45) is 1.49. The Bertz CT molecular complexity index is 1120. The molecule has 1 fully saturated rings. The van der Waals surface area contributed by atoms with E-state index in [0.717, 1.165) is 16.7 Å². The Balaban J connectivity index is 1.61. The Kier molecular flexibility index (Phi) is 4.54. The van der Waals surface area contributed by atoms with Gasteiger partial charge in [-0.2, -0.15) is 0 Å². The molecule has 0 atom stereocenters. The molecule has 0 aliphatic carbocycles. The Morgan fingerprint density at radius 3 is 2.54 bits per heavy atom. The van der Waals surface area contributed by atoms with Gasteiger partial charge in [-0.1, -0.05) is 30.3 Å². The Hall–Kier alpha value is -3.65. The lowest BCUT2D eigenvalue weighted by Gasteiger charge is -2.11. The van der Waals surface area contributed by atoms with Crippen LogP contribution in [0.2, 0.25) is 0 Å². The predicted molar refractivity (Wildman–Crippen MR) is 106 cm³/mol. The van der Waals surface area contributed by atoms with Crippen molar-refractivity contribution in [3.8, 4) is 11.3 Å². The van der Waals surface area contributed by atoms with E-state index in [1.165, 1.54) is 18.2 Å². The van der Waals surface area contributed by atoms with Crippen molar-refractivity contribution >= 4 is 40.4 Å². The molecular formula is C20H12N2O5S. The van der Waals surface area contributed by atoms with Crippen LogP contribution in [0.3, 0.4) is 0 Å². The van der Waals surface area contributed by atoms with Crippen molar-refractivity contribution in [3.63, 3.8) is 0 Å². The fraction of sp³-hybridized carbons (Fsp3) is 0. The number of benzene rings is 2. The molecule has 4 rings (SSSR count). The first kappa shape index (κ1) is 17.7. The minimum absolute atomic E-state index is 0.0422. The zero-order valence-corrected chi connectivity index (χ0v) is 15.1. The van der Waals surface area contributed by atoms with Crippen molar-refractivity contribution in [1.82, 2.24) is 0 Å². The molecule has 7 nitrogen and oxygen atoms in total. The Morgan fingerprint density at radius 1 is 1.00 bits per heavy atom. The summed E-state index contributed by atoms with van der Waals surface area (Å²) in [7, 11) is 0. The van der Waals surface area contributed by atoms with E-state index in [2.05, 4.69) is 0 Å². The van der Waals surface area contributed by atoms with Gasteiger partial charge >= 0.3 is 0 Å². The van der Waals surface area contributed by atoms with E-state index in [9.17, 15) is 19.7 Å². The van der Waals surface area contributed by atoms with Crippen molar-refractivity contribution in [2.24, 2.45) is 0 Å². The van der Waals surface area contributed by atoms with Gasteiger partial charge < -0.3 is 4.42 Å². The molecule has 138 valence electrons. The summed E-state index contributed by atoms with van der Waals surface area (Å²) in [5, 5.41) is 10.5. The number of nitro benzene ring substituents is 1. The van der Waals surface area contributed by atoms with Gasteiger partial charge in [-0.05, 0) is 36.0 Å². The van der Waals surface area contributed by atoms with E-state index in [1.807, 2.05) is 0 Å². The third-order valence-corrected chi connectivity index (χ3v) is 4.92. The highest BCUT2D eigenvalue weighted by molar-refractivity contribution is 8.19. The fourth-order valence-electron chi connectivity index (χ4n) is 2.75. The number of para-hydroxylation sites is 1. The van der Waals surface area contributed by atoms with Crippen molar-refractivity contribution in [1.29, 1.82) is 0 Å². The van der Waals surface area contributed by atoms with Gasteiger partial charge in [0, 0.05) is 23.8 Å². The average molecular weight is 392 g/mol. The van der Waals surface area contributed by atoms with Gasteiger partial charge in [0.15, 0.2) is 0 Å². The van der Waals surface area contributed by atoms with Gasteiger partial charge in [0.25, 0.3) is 16.8 Å². The lowest BCUT2D eigenvalue weighted by atomic mass is 10.1. The molecule has 28 heavy (non-hydrogen) atoms. The first-order valence-electron chi connectivity index (χ1n) is 8.20. The molecule has 0 N–H and O–H groups in total.